The highest BCUT2D eigenvalue weighted by molar-refractivity contribution is 7.89. The average molecular weight is 304 g/mol. The molecule has 0 amide bonds. The second kappa shape index (κ2) is 6.28. The number of nitrogens with zero attached hydrogens (tertiary/aromatic N) is 1. The van der Waals surface area contributed by atoms with Crippen molar-refractivity contribution in [3.8, 4) is 0 Å². The van der Waals surface area contributed by atoms with Crippen molar-refractivity contribution < 1.29 is 8.42 Å². The fourth-order valence-electron chi connectivity index (χ4n) is 1.87. The molecule has 0 aliphatic heterocycles. The summed E-state index contributed by atoms with van der Waals surface area (Å²) in [5, 5.41) is 3.28. The van der Waals surface area contributed by atoms with E-state index in [9.17, 15) is 8.42 Å². The Balaban J connectivity index is 2.05. The topological polar surface area (TPSA) is 49.4 Å². The van der Waals surface area contributed by atoms with Gasteiger partial charge >= 0.3 is 0 Å². The number of nitrogens with one attached hydrogen (secondary N) is 1. The lowest BCUT2D eigenvalue weighted by atomic mass is 10.1. The van der Waals surface area contributed by atoms with Crippen LogP contribution in [0.4, 0.5) is 5.69 Å². The largest absolute Gasteiger partial charge is 0.381 e. The Hall–Kier alpha value is -1.85. The monoisotopic (exact) mass is 304 g/mol. The summed E-state index contributed by atoms with van der Waals surface area (Å²) < 4.78 is 25.1. The van der Waals surface area contributed by atoms with E-state index in [0.717, 1.165) is 5.69 Å². The van der Waals surface area contributed by atoms with E-state index >= 15 is 0 Å². The smallest absolute Gasteiger partial charge is 0.242 e. The summed E-state index contributed by atoms with van der Waals surface area (Å²) >= 11 is 0. The zero-order valence-corrected chi connectivity index (χ0v) is 13.3. The summed E-state index contributed by atoms with van der Waals surface area (Å²) in [7, 11) is -0.307. The minimum atomic E-state index is -3.36. The van der Waals surface area contributed by atoms with E-state index in [2.05, 4.69) is 36.5 Å². The summed E-state index contributed by atoms with van der Waals surface area (Å²) in [5.74, 6) is 0. The van der Waals surface area contributed by atoms with Crippen molar-refractivity contribution in [2.75, 3.05) is 19.4 Å². The molecule has 21 heavy (non-hydrogen) atoms. The van der Waals surface area contributed by atoms with Gasteiger partial charge in [0.1, 0.15) is 0 Å². The molecule has 0 fully saturated rings. The third-order valence-electron chi connectivity index (χ3n) is 3.25. The Morgan fingerprint density at radius 3 is 2.05 bits per heavy atom. The highest BCUT2D eigenvalue weighted by Crippen LogP contribution is 2.17. The Labute approximate surface area is 126 Å². The molecule has 0 aromatic heterocycles. The molecule has 112 valence electrons. The molecule has 0 spiro atoms. The predicted molar refractivity (Wildman–Crippen MR) is 85.8 cm³/mol. The highest BCUT2D eigenvalue weighted by atomic mass is 32.2. The molecular formula is C16H20N2O2S. The van der Waals surface area contributed by atoms with Crippen molar-refractivity contribution in [2.45, 2.75) is 18.4 Å². The first kappa shape index (κ1) is 15.5. The van der Waals surface area contributed by atoms with E-state index in [1.54, 1.807) is 24.3 Å². The van der Waals surface area contributed by atoms with Crippen LogP contribution >= 0.6 is 0 Å². The molecular weight excluding hydrogens is 284 g/mol. The number of benzene rings is 2. The van der Waals surface area contributed by atoms with Crippen LogP contribution in [-0.4, -0.2) is 26.8 Å². The molecule has 0 atom stereocenters. The number of anilines is 1. The maximum atomic E-state index is 12.0. The van der Waals surface area contributed by atoms with Gasteiger partial charge in [0.25, 0.3) is 0 Å². The van der Waals surface area contributed by atoms with Crippen molar-refractivity contribution >= 4 is 15.7 Å². The summed E-state index contributed by atoms with van der Waals surface area (Å²) in [6, 6.07) is 15.1. The van der Waals surface area contributed by atoms with Gasteiger partial charge in [-0.1, -0.05) is 29.8 Å². The fraction of sp³-hybridized carbons (Fsp3) is 0.250. The second-order valence-corrected chi connectivity index (χ2v) is 7.30. The molecule has 2 aromatic carbocycles. The van der Waals surface area contributed by atoms with E-state index in [0.29, 0.717) is 11.4 Å². The predicted octanol–water partition coefficient (Wildman–Crippen LogP) is 2.86. The van der Waals surface area contributed by atoms with Crippen LogP contribution in [-0.2, 0) is 16.6 Å². The Kier molecular flexibility index (Phi) is 4.65. The molecule has 0 saturated carbocycles. The third-order valence-corrected chi connectivity index (χ3v) is 5.08. The molecule has 0 radical (unpaired) electrons. The first-order valence-electron chi connectivity index (χ1n) is 6.71. The first-order chi connectivity index (χ1) is 9.89. The molecule has 0 saturated heterocycles. The van der Waals surface area contributed by atoms with Crippen LogP contribution in [0.2, 0.25) is 0 Å². The van der Waals surface area contributed by atoms with E-state index in [1.165, 1.54) is 29.5 Å². The molecule has 0 aliphatic rings. The maximum absolute atomic E-state index is 12.0. The highest BCUT2D eigenvalue weighted by Gasteiger charge is 2.16. The van der Waals surface area contributed by atoms with Crippen LogP contribution in [0.5, 0.6) is 0 Å². The third kappa shape index (κ3) is 3.83. The van der Waals surface area contributed by atoms with Crippen molar-refractivity contribution in [1.29, 1.82) is 0 Å². The molecule has 0 unspecified atom stereocenters. The standard InChI is InChI=1S/C16H20N2O2S/c1-13-4-6-14(7-5-13)12-17-15-8-10-16(11-9-15)21(19,20)18(2)3/h4-11,17H,12H2,1-3H3. The van der Waals surface area contributed by atoms with Crippen LogP contribution in [0.15, 0.2) is 53.4 Å². The zero-order valence-electron chi connectivity index (χ0n) is 12.5. The van der Waals surface area contributed by atoms with Crippen molar-refractivity contribution in [3.05, 3.63) is 59.7 Å². The lowest BCUT2D eigenvalue weighted by Crippen LogP contribution is -2.22. The number of aryl methyl sites for hydroxylation is 1. The van der Waals surface area contributed by atoms with Crippen LogP contribution in [0.1, 0.15) is 11.1 Å². The van der Waals surface area contributed by atoms with Gasteiger partial charge in [-0.2, -0.15) is 0 Å². The molecule has 2 aromatic rings. The number of sulfonamides is 1. The van der Waals surface area contributed by atoms with Crippen LogP contribution in [0, 0.1) is 6.92 Å². The van der Waals surface area contributed by atoms with E-state index in [-0.39, 0.29) is 0 Å². The van der Waals surface area contributed by atoms with Gasteiger partial charge < -0.3 is 5.32 Å². The average Bonchev–Trinajstić information content (AvgIpc) is 2.47. The van der Waals surface area contributed by atoms with Crippen molar-refractivity contribution in [3.63, 3.8) is 0 Å². The van der Waals surface area contributed by atoms with Gasteiger partial charge in [-0.05, 0) is 36.8 Å². The van der Waals surface area contributed by atoms with E-state index in [1.807, 2.05) is 0 Å². The molecule has 1 N–H and O–H groups in total. The van der Waals surface area contributed by atoms with E-state index in [4.69, 9.17) is 0 Å². The van der Waals surface area contributed by atoms with Gasteiger partial charge in [-0.3, -0.25) is 0 Å². The minimum Gasteiger partial charge on any atom is -0.381 e. The van der Waals surface area contributed by atoms with Crippen LogP contribution in [0.3, 0.4) is 0 Å². The Bertz CT molecular complexity index is 690. The normalized spacial score (nSPS) is 11.6. The molecule has 4 nitrogen and oxygen atoms in total. The van der Waals surface area contributed by atoms with Gasteiger partial charge in [0.2, 0.25) is 10.0 Å². The summed E-state index contributed by atoms with van der Waals surface area (Å²) in [6.07, 6.45) is 0. The van der Waals surface area contributed by atoms with Crippen LogP contribution < -0.4 is 5.32 Å². The van der Waals surface area contributed by atoms with Crippen LogP contribution in [0.25, 0.3) is 0 Å². The molecule has 0 bridgehead atoms. The van der Waals surface area contributed by atoms with Gasteiger partial charge in [0.05, 0.1) is 4.90 Å². The van der Waals surface area contributed by atoms with Gasteiger partial charge in [-0.15, -0.1) is 0 Å². The van der Waals surface area contributed by atoms with Crippen molar-refractivity contribution in [1.82, 2.24) is 4.31 Å². The summed E-state index contributed by atoms with van der Waals surface area (Å²) in [6.45, 7) is 2.77. The lowest BCUT2D eigenvalue weighted by molar-refractivity contribution is 0.521. The number of hydrogen-bond donors (Lipinski definition) is 1. The Morgan fingerprint density at radius 1 is 0.952 bits per heavy atom. The summed E-state index contributed by atoms with van der Waals surface area (Å²) in [5.41, 5.74) is 3.32. The van der Waals surface area contributed by atoms with Gasteiger partial charge in [0.15, 0.2) is 0 Å². The van der Waals surface area contributed by atoms with E-state index < -0.39 is 10.0 Å². The molecule has 0 aliphatic carbocycles. The maximum Gasteiger partial charge on any atom is 0.242 e. The summed E-state index contributed by atoms with van der Waals surface area (Å²) in [4.78, 5) is 0.299. The first-order valence-corrected chi connectivity index (χ1v) is 8.15. The SMILES string of the molecule is Cc1ccc(CNc2ccc(S(=O)(=O)N(C)C)cc2)cc1. The van der Waals surface area contributed by atoms with Gasteiger partial charge in [-0.25, -0.2) is 12.7 Å². The molecule has 2 rings (SSSR count). The fourth-order valence-corrected chi connectivity index (χ4v) is 2.77. The van der Waals surface area contributed by atoms with Crippen molar-refractivity contribution in [2.24, 2.45) is 0 Å². The quantitative estimate of drug-likeness (QED) is 0.924. The number of rotatable bonds is 5. The minimum absolute atomic E-state index is 0.299. The molecule has 5 heteroatoms. The zero-order chi connectivity index (χ0) is 15.5. The molecule has 0 heterocycles. The van der Waals surface area contributed by atoms with Gasteiger partial charge in [0, 0.05) is 26.3 Å². The lowest BCUT2D eigenvalue weighted by Gasteiger charge is -2.12. The number of hydrogen-bond acceptors (Lipinski definition) is 3. The second-order valence-electron chi connectivity index (χ2n) is 5.15. The Morgan fingerprint density at radius 2 is 1.52 bits per heavy atom.